The molecule has 20 nitrogen and oxygen atoms in total. The van der Waals surface area contributed by atoms with Gasteiger partial charge in [-0.05, 0) is 104 Å². The summed E-state index contributed by atoms with van der Waals surface area (Å²) in [6, 6.07) is 25.7. The zero-order chi connectivity index (χ0) is 57.1. The monoisotopic (exact) mass is 1100 g/mol. The van der Waals surface area contributed by atoms with Crippen molar-refractivity contribution < 1.29 is 61.6 Å². The number of carbonyl (C=O) groups excluding carboxylic acids is 6. The number of hydrogen-bond donors (Lipinski definition) is 4. The molecule has 0 bridgehead atoms. The maximum atomic E-state index is 14.2. The Kier molecular flexibility index (Phi) is 22.6. The minimum Gasteiger partial charge on any atom is -0.496 e. The van der Waals surface area contributed by atoms with Crippen molar-refractivity contribution in [2.75, 3.05) is 55.7 Å². The number of nitrogens with one attached hydrogen (secondary N) is 4. The zero-order valence-electron chi connectivity index (χ0n) is 45.2. The highest BCUT2D eigenvalue weighted by atomic mass is 35.5. The average molecular weight is 1100 g/mol. The first-order chi connectivity index (χ1) is 37.3. The van der Waals surface area contributed by atoms with Crippen LogP contribution >= 0.6 is 11.6 Å². The highest BCUT2D eigenvalue weighted by molar-refractivity contribution is 6.30. The fraction of sp³-hybridized carbons (Fsp3) is 0.357. The molecule has 78 heavy (non-hydrogen) atoms. The summed E-state index contributed by atoms with van der Waals surface area (Å²) in [5, 5.41) is 20.5. The minimum absolute atomic E-state index is 0.00794. The maximum absolute atomic E-state index is 14.2. The van der Waals surface area contributed by atoms with Crippen LogP contribution in [0, 0.1) is 17.7 Å². The average Bonchev–Trinajstić information content (AvgIpc) is 4.12. The van der Waals surface area contributed by atoms with Crippen LogP contribution in [-0.2, 0) is 28.7 Å². The Bertz CT molecular complexity index is 2990. The molecule has 4 N–H and O–H groups in total. The molecule has 0 fully saturated rings. The molecule has 2 heterocycles. The van der Waals surface area contributed by atoms with Crippen molar-refractivity contribution in [3.63, 3.8) is 0 Å². The van der Waals surface area contributed by atoms with Gasteiger partial charge in [-0.25, -0.2) is 13.8 Å². The van der Waals surface area contributed by atoms with E-state index >= 15 is 0 Å². The number of carbonyl (C=O) groups is 6. The molecule has 0 saturated heterocycles. The number of methoxy groups -OCH3 is 6. The van der Waals surface area contributed by atoms with Gasteiger partial charge in [0.1, 0.15) is 41.9 Å². The van der Waals surface area contributed by atoms with Gasteiger partial charge in [-0.1, -0.05) is 57.5 Å². The largest absolute Gasteiger partial charge is 0.496 e. The summed E-state index contributed by atoms with van der Waals surface area (Å²) < 4.78 is 48.6. The second-order valence-corrected chi connectivity index (χ2v) is 18.8. The molecular formula is C56H66ClFN8O12. The molecule has 0 saturated carbocycles. The van der Waals surface area contributed by atoms with Crippen LogP contribution in [0.4, 0.5) is 4.39 Å². The summed E-state index contributed by atoms with van der Waals surface area (Å²) in [4.78, 5) is 74.5. The van der Waals surface area contributed by atoms with Crippen molar-refractivity contribution in [2.45, 2.75) is 65.5 Å². The van der Waals surface area contributed by atoms with Crippen molar-refractivity contribution in [3.8, 4) is 56.9 Å². The highest BCUT2D eigenvalue weighted by Gasteiger charge is 2.27. The predicted molar refractivity (Wildman–Crippen MR) is 290 cm³/mol. The van der Waals surface area contributed by atoms with E-state index in [9.17, 15) is 33.2 Å². The summed E-state index contributed by atoms with van der Waals surface area (Å²) in [5.41, 5.74) is 3.39. The van der Waals surface area contributed by atoms with E-state index in [1.807, 2.05) is 27.7 Å². The van der Waals surface area contributed by atoms with Crippen molar-refractivity contribution in [1.82, 2.24) is 40.8 Å². The second-order valence-electron chi connectivity index (χ2n) is 18.4. The Hall–Kier alpha value is -8.46. The quantitative estimate of drug-likeness (QED) is 0.0428. The van der Waals surface area contributed by atoms with E-state index in [4.69, 9.17) is 30.5 Å². The lowest BCUT2D eigenvalue weighted by Crippen LogP contribution is -2.41. The standard InChI is InChI=1S/C28H33ClN4O6.C28H33FN4O6/c1-17(2)13-19(14-25(34)30-16-26(35)39-5)31-28(36)21-15-22(27-23(37-3)7-6-8-24(27)38-4)33(32-21)20-11-9-18(29)10-12-20;1-17(2)12-19(14-25(34)30-16-26(35)39-5)31-28(36)21-15-22(27-23(37-3)10-7-11-24(27)38-4)33(32-21)20-9-6-8-18(29)13-20/h6-12,15,17,19H,13-14,16H2,1-5H3,(H,30,34)(H,31,36);6-11,13,15,17,19H,12,14,16H2,1-5H3,(H,30,34)(H,31,36)/t2*19-/m00/s1. The van der Waals surface area contributed by atoms with Gasteiger partial charge in [0.25, 0.3) is 11.8 Å². The molecule has 0 aliphatic carbocycles. The topological polar surface area (TPSA) is 242 Å². The maximum Gasteiger partial charge on any atom is 0.325 e. The summed E-state index contributed by atoms with van der Waals surface area (Å²) in [7, 11) is 8.60. The van der Waals surface area contributed by atoms with Crippen LogP contribution in [0.5, 0.6) is 23.0 Å². The van der Waals surface area contributed by atoms with Gasteiger partial charge in [0, 0.05) is 29.9 Å². The summed E-state index contributed by atoms with van der Waals surface area (Å²) in [5.74, 6) is -0.975. The third kappa shape index (κ3) is 16.8. The SMILES string of the molecule is COC(=O)CNC(=O)C[C@H](CC(C)C)NC(=O)c1cc(-c2c(OC)cccc2OC)n(-c2ccc(Cl)cc2)n1.COC(=O)CNC(=O)C[C@H](CC(C)C)NC(=O)c1cc(-c2c(OC)cccc2OC)n(-c2cccc(F)c2)n1. The van der Waals surface area contributed by atoms with Crippen LogP contribution in [0.1, 0.15) is 74.4 Å². The van der Waals surface area contributed by atoms with Crippen molar-refractivity contribution in [1.29, 1.82) is 0 Å². The van der Waals surface area contributed by atoms with E-state index in [2.05, 4.69) is 40.9 Å². The van der Waals surface area contributed by atoms with Gasteiger partial charge in [0.05, 0.1) is 76.5 Å². The Morgan fingerprint density at radius 3 is 1.28 bits per heavy atom. The summed E-state index contributed by atoms with van der Waals surface area (Å²) in [6.07, 6.45) is 1.00. The predicted octanol–water partition coefficient (Wildman–Crippen LogP) is 7.55. The van der Waals surface area contributed by atoms with Gasteiger partial charge >= 0.3 is 11.9 Å². The highest BCUT2D eigenvalue weighted by Crippen LogP contribution is 2.41. The van der Waals surface area contributed by atoms with Crippen molar-refractivity contribution in [2.24, 2.45) is 11.8 Å². The van der Waals surface area contributed by atoms with E-state index in [0.717, 1.165) is 0 Å². The van der Waals surface area contributed by atoms with E-state index < -0.39 is 47.6 Å². The van der Waals surface area contributed by atoms with E-state index in [-0.39, 0.29) is 55.1 Å². The first kappa shape index (κ1) is 60.4. The minimum atomic E-state index is -0.574. The molecule has 2 aromatic heterocycles. The first-order valence-corrected chi connectivity index (χ1v) is 25.1. The fourth-order valence-corrected chi connectivity index (χ4v) is 8.38. The summed E-state index contributed by atoms with van der Waals surface area (Å²) >= 11 is 6.10. The summed E-state index contributed by atoms with van der Waals surface area (Å²) in [6.45, 7) is 7.42. The lowest BCUT2D eigenvalue weighted by Gasteiger charge is -2.19. The molecule has 0 unspecified atom stereocenters. The van der Waals surface area contributed by atoms with Crippen LogP contribution in [0.15, 0.2) is 97.1 Å². The number of nitrogens with zero attached hydrogens (tertiary/aromatic N) is 4. The molecule has 0 radical (unpaired) electrons. The number of hydrogen-bond acceptors (Lipinski definition) is 14. The van der Waals surface area contributed by atoms with Crippen molar-refractivity contribution in [3.05, 3.63) is 119 Å². The van der Waals surface area contributed by atoms with Gasteiger partial charge in [0.15, 0.2) is 11.4 Å². The van der Waals surface area contributed by atoms with E-state index in [1.165, 1.54) is 45.3 Å². The van der Waals surface area contributed by atoms with Crippen molar-refractivity contribution >= 4 is 47.2 Å². The number of esters is 2. The van der Waals surface area contributed by atoms with Crippen LogP contribution in [0.3, 0.4) is 0 Å². The molecule has 2 atom stereocenters. The van der Waals surface area contributed by atoms with Gasteiger partial charge in [-0.2, -0.15) is 10.2 Å². The van der Waals surface area contributed by atoms with Crippen LogP contribution in [0.2, 0.25) is 5.02 Å². The van der Waals surface area contributed by atoms with Gasteiger partial charge in [0.2, 0.25) is 11.8 Å². The number of rotatable bonds is 24. The molecular weight excluding hydrogens is 1030 g/mol. The molecule has 0 spiro atoms. The Labute approximate surface area is 457 Å². The van der Waals surface area contributed by atoms with Crippen LogP contribution in [0.25, 0.3) is 33.9 Å². The number of aromatic nitrogens is 4. The zero-order valence-corrected chi connectivity index (χ0v) is 46.0. The molecule has 4 amide bonds. The Balaban J connectivity index is 0.000000287. The molecule has 6 aromatic rings. The molecule has 22 heteroatoms. The Morgan fingerprint density at radius 1 is 0.538 bits per heavy atom. The molecule has 416 valence electrons. The van der Waals surface area contributed by atoms with Crippen LogP contribution < -0.4 is 40.2 Å². The van der Waals surface area contributed by atoms with Gasteiger partial charge in [-0.15, -0.1) is 0 Å². The second kappa shape index (κ2) is 29.2. The lowest BCUT2D eigenvalue weighted by molar-refractivity contribution is -0.141. The first-order valence-electron chi connectivity index (χ1n) is 24.8. The number of amides is 4. The Morgan fingerprint density at radius 2 is 0.923 bits per heavy atom. The van der Waals surface area contributed by atoms with Gasteiger partial charge in [-0.3, -0.25) is 28.8 Å². The number of benzene rings is 4. The normalized spacial score (nSPS) is 11.6. The molecule has 4 aromatic carbocycles. The van der Waals surface area contributed by atoms with E-state index in [0.29, 0.717) is 74.8 Å². The third-order valence-corrected chi connectivity index (χ3v) is 12.0. The molecule has 0 aliphatic rings. The number of halogens is 2. The van der Waals surface area contributed by atoms with Gasteiger partial charge < -0.3 is 49.7 Å². The number of ether oxygens (including phenoxy) is 6. The third-order valence-electron chi connectivity index (χ3n) is 11.7. The van der Waals surface area contributed by atoms with Crippen LogP contribution in [-0.4, -0.2) is 123 Å². The smallest absolute Gasteiger partial charge is 0.325 e. The molecule has 6 rings (SSSR count). The fourth-order valence-electron chi connectivity index (χ4n) is 8.25. The molecule has 0 aliphatic heterocycles. The lowest BCUT2D eigenvalue weighted by atomic mass is 10.0. The van der Waals surface area contributed by atoms with E-state index in [1.54, 1.807) is 104 Å².